The molecule has 0 aromatic heterocycles. The molecule has 106 valence electrons. The van der Waals surface area contributed by atoms with Gasteiger partial charge < -0.3 is 10.2 Å². The molecule has 0 amide bonds. The summed E-state index contributed by atoms with van der Waals surface area (Å²) in [6, 6.07) is 8.95. The van der Waals surface area contributed by atoms with E-state index in [1.807, 2.05) is 0 Å². The van der Waals surface area contributed by atoms with E-state index in [2.05, 4.69) is 71.3 Å². The average Bonchev–Trinajstić information content (AvgIpc) is 2.71. The molecule has 1 saturated heterocycles. The summed E-state index contributed by atoms with van der Waals surface area (Å²) in [7, 11) is 2.05. The molecule has 1 aliphatic heterocycles. The van der Waals surface area contributed by atoms with E-state index >= 15 is 0 Å². The Balaban J connectivity index is 1.92. The van der Waals surface area contributed by atoms with Crippen LogP contribution in [-0.4, -0.2) is 31.6 Å². The molecule has 0 saturated carbocycles. The zero-order chi connectivity index (χ0) is 13.8. The molecule has 0 radical (unpaired) electrons. The summed E-state index contributed by atoms with van der Waals surface area (Å²) in [5, 5.41) is 3.45. The van der Waals surface area contributed by atoms with E-state index < -0.39 is 0 Å². The van der Waals surface area contributed by atoms with Crippen LogP contribution in [0.25, 0.3) is 0 Å². The van der Waals surface area contributed by atoms with Gasteiger partial charge in [-0.1, -0.05) is 48.0 Å². The summed E-state index contributed by atoms with van der Waals surface area (Å²) in [5.74, 6) is 1.69. The topological polar surface area (TPSA) is 15.3 Å². The van der Waals surface area contributed by atoms with Crippen LogP contribution in [0.15, 0.2) is 28.7 Å². The number of benzene rings is 1. The van der Waals surface area contributed by atoms with Gasteiger partial charge in [-0.2, -0.15) is 0 Å². The van der Waals surface area contributed by atoms with Crippen molar-refractivity contribution in [1.29, 1.82) is 0 Å². The van der Waals surface area contributed by atoms with Crippen LogP contribution >= 0.6 is 15.9 Å². The van der Waals surface area contributed by atoms with E-state index in [0.29, 0.717) is 6.04 Å². The van der Waals surface area contributed by atoms with Gasteiger partial charge in [0.25, 0.3) is 0 Å². The summed E-state index contributed by atoms with van der Waals surface area (Å²) in [5.41, 5.74) is 1.37. The van der Waals surface area contributed by atoms with Crippen molar-refractivity contribution in [3.63, 3.8) is 0 Å². The van der Waals surface area contributed by atoms with Crippen molar-refractivity contribution >= 4 is 15.9 Å². The fraction of sp³-hybridized carbons (Fsp3) is 0.625. The zero-order valence-corrected chi connectivity index (χ0v) is 13.8. The lowest BCUT2D eigenvalue weighted by molar-refractivity contribution is 0.301. The van der Waals surface area contributed by atoms with Crippen molar-refractivity contribution < 1.29 is 0 Å². The van der Waals surface area contributed by atoms with Gasteiger partial charge in [-0.3, -0.25) is 0 Å². The van der Waals surface area contributed by atoms with Gasteiger partial charge in [-0.25, -0.2) is 0 Å². The van der Waals surface area contributed by atoms with Gasteiger partial charge in [-0.05, 0) is 43.5 Å². The third-order valence-electron chi connectivity index (χ3n) is 4.43. The monoisotopic (exact) mass is 324 g/mol. The molecule has 2 nitrogen and oxygen atoms in total. The van der Waals surface area contributed by atoms with Gasteiger partial charge in [0, 0.05) is 23.6 Å². The lowest BCUT2D eigenvalue weighted by Crippen LogP contribution is -2.27. The average molecular weight is 325 g/mol. The second kappa shape index (κ2) is 6.87. The van der Waals surface area contributed by atoms with Crippen LogP contribution in [0.2, 0.25) is 0 Å². The molecule has 1 aromatic rings. The Hall–Kier alpha value is -0.380. The van der Waals surface area contributed by atoms with E-state index in [9.17, 15) is 0 Å². The van der Waals surface area contributed by atoms with Crippen LogP contribution in [0.5, 0.6) is 0 Å². The second-order valence-corrected chi connectivity index (χ2v) is 6.72. The van der Waals surface area contributed by atoms with Crippen molar-refractivity contribution in [3.8, 4) is 0 Å². The lowest BCUT2D eigenvalue weighted by Gasteiger charge is -2.22. The van der Waals surface area contributed by atoms with E-state index in [0.717, 1.165) is 11.8 Å². The molecule has 1 heterocycles. The third-order valence-corrected chi connectivity index (χ3v) is 5.15. The molecule has 0 bridgehead atoms. The van der Waals surface area contributed by atoms with Crippen molar-refractivity contribution in [1.82, 2.24) is 10.2 Å². The molecule has 1 aromatic carbocycles. The number of likely N-dealkylation sites (tertiary alicyclic amines) is 1. The van der Waals surface area contributed by atoms with Crippen LogP contribution < -0.4 is 5.32 Å². The van der Waals surface area contributed by atoms with Crippen LogP contribution in [0.1, 0.15) is 31.9 Å². The van der Waals surface area contributed by atoms with Crippen molar-refractivity contribution in [2.45, 2.75) is 26.3 Å². The minimum absolute atomic E-state index is 0.432. The van der Waals surface area contributed by atoms with Gasteiger partial charge in [0.05, 0.1) is 0 Å². The number of nitrogens with one attached hydrogen (secondary N) is 1. The first kappa shape index (κ1) is 15.0. The molecule has 1 aliphatic rings. The summed E-state index contributed by atoms with van der Waals surface area (Å²) in [4.78, 5) is 2.61. The maximum absolute atomic E-state index is 3.66. The normalized spacial score (nSPS) is 25.7. The lowest BCUT2D eigenvalue weighted by atomic mass is 10.0. The molecule has 0 spiro atoms. The Bertz CT molecular complexity index is 397. The maximum atomic E-state index is 3.66. The van der Waals surface area contributed by atoms with Crippen LogP contribution in [-0.2, 0) is 0 Å². The van der Waals surface area contributed by atoms with Gasteiger partial charge >= 0.3 is 0 Å². The largest absolute Gasteiger partial charge is 0.313 e. The Morgan fingerprint density at radius 2 is 1.89 bits per heavy atom. The van der Waals surface area contributed by atoms with E-state index in [-0.39, 0.29) is 0 Å². The SMILES string of the molecule is CNC(CCN1CC(C)C(C)C1)c1ccccc1Br. The fourth-order valence-electron chi connectivity index (χ4n) is 2.96. The summed E-state index contributed by atoms with van der Waals surface area (Å²) in [6.07, 6.45) is 1.17. The third kappa shape index (κ3) is 3.80. The molecular formula is C16H25BrN2. The molecule has 1 fully saturated rings. The van der Waals surface area contributed by atoms with Crippen molar-refractivity contribution in [2.24, 2.45) is 11.8 Å². The number of rotatable bonds is 5. The molecule has 2 rings (SSSR count). The predicted molar refractivity (Wildman–Crippen MR) is 85.3 cm³/mol. The van der Waals surface area contributed by atoms with Gasteiger partial charge in [0.1, 0.15) is 0 Å². The summed E-state index contributed by atoms with van der Waals surface area (Å²) >= 11 is 3.66. The highest BCUT2D eigenvalue weighted by Crippen LogP contribution is 2.27. The Morgan fingerprint density at radius 1 is 1.26 bits per heavy atom. The first-order chi connectivity index (χ1) is 9.11. The standard InChI is InChI=1S/C16H25BrN2/c1-12-10-19(11-13(12)2)9-8-16(18-3)14-6-4-5-7-15(14)17/h4-7,12-13,16,18H,8-11H2,1-3H3. The molecule has 3 atom stereocenters. The molecule has 3 heteroatoms. The number of hydrogen-bond donors (Lipinski definition) is 1. The highest BCUT2D eigenvalue weighted by Gasteiger charge is 2.26. The molecule has 0 aliphatic carbocycles. The summed E-state index contributed by atoms with van der Waals surface area (Å²) in [6.45, 7) is 8.44. The number of hydrogen-bond acceptors (Lipinski definition) is 2. The quantitative estimate of drug-likeness (QED) is 0.888. The van der Waals surface area contributed by atoms with Crippen LogP contribution in [0.3, 0.4) is 0 Å². The smallest absolute Gasteiger partial charge is 0.0340 e. The molecule has 19 heavy (non-hydrogen) atoms. The Kier molecular flexibility index (Phi) is 5.43. The Labute approximate surface area is 125 Å². The van der Waals surface area contributed by atoms with E-state index in [4.69, 9.17) is 0 Å². The van der Waals surface area contributed by atoms with Gasteiger partial charge in [0.15, 0.2) is 0 Å². The second-order valence-electron chi connectivity index (χ2n) is 5.87. The predicted octanol–water partition coefficient (Wildman–Crippen LogP) is 3.69. The summed E-state index contributed by atoms with van der Waals surface area (Å²) < 4.78 is 1.21. The highest BCUT2D eigenvalue weighted by atomic mass is 79.9. The Morgan fingerprint density at radius 3 is 2.47 bits per heavy atom. The van der Waals surface area contributed by atoms with Crippen molar-refractivity contribution in [2.75, 3.05) is 26.7 Å². The van der Waals surface area contributed by atoms with E-state index in [1.54, 1.807) is 0 Å². The zero-order valence-electron chi connectivity index (χ0n) is 12.2. The molecule has 1 N–H and O–H groups in total. The number of halogens is 1. The first-order valence-electron chi connectivity index (χ1n) is 7.26. The van der Waals surface area contributed by atoms with Gasteiger partial charge in [0.2, 0.25) is 0 Å². The minimum Gasteiger partial charge on any atom is -0.313 e. The van der Waals surface area contributed by atoms with Crippen molar-refractivity contribution in [3.05, 3.63) is 34.3 Å². The van der Waals surface area contributed by atoms with Crippen LogP contribution in [0.4, 0.5) is 0 Å². The fourth-order valence-corrected chi connectivity index (χ4v) is 3.52. The van der Waals surface area contributed by atoms with E-state index in [1.165, 1.54) is 36.1 Å². The first-order valence-corrected chi connectivity index (χ1v) is 8.05. The molecule has 3 unspecified atom stereocenters. The maximum Gasteiger partial charge on any atom is 0.0340 e. The number of nitrogens with zero attached hydrogens (tertiary/aromatic N) is 1. The van der Waals surface area contributed by atoms with Gasteiger partial charge in [-0.15, -0.1) is 0 Å². The highest BCUT2D eigenvalue weighted by molar-refractivity contribution is 9.10. The molecular weight excluding hydrogens is 300 g/mol. The van der Waals surface area contributed by atoms with Crippen LogP contribution in [0, 0.1) is 11.8 Å². The minimum atomic E-state index is 0.432.